The van der Waals surface area contributed by atoms with Gasteiger partial charge in [0.1, 0.15) is 0 Å². The number of alkyl halides is 1. The van der Waals surface area contributed by atoms with Crippen LogP contribution in [0.25, 0.3) is 0 Å². The van der Waals surface area contributed by atoms with Gasteiger partial charge in [0.15, 0.2) is 0 Å². The fourth-order valence-electron chi connectivity index (χ4n) is 2.48. The van der Waals surface area contributed by atoms with Gasteiger partial charge in [-0.15, -0.1) is 11.6 Å². The van der Waals surface area contributed by atoms with Gasteiger partial charge in [-0.25, -0.2) is 0 Å². The van der Waals surface area contributed by atoms with E-state index in [1.165, 1.54) is 0 Å². The minimum Gasteiger partial charge on any atom is -0.371 e. The minimum atomic E-state index is 0.141. The van der Waals surface area contributed by atoms with Crippen LogP contribution in [0.15, 0.2) is 12.3 Å². The molecule has 108 valence electrons. The van der Waals surface area contributed by atoms with E-state index < -0.39 is 0 Å². The number of morpholine rings is 1. The molecule has 1 saturated heterocycles. The van der Waals surface area contributed by atoms with Crippen molar-refractivity contribution >= 4 is 11.6 Å². The molecule has 5 heteroatoms. The zero-order valence-corrected chi connectivity index (χ0v) is 12.8. The van der Waals surface area contributed by atoms with Gasteiger partial charge in [-0.3, -0.25) is 9.58 Å². The first-order chi connectivity index (χ1) is 9.12. The van der Waals surface area contributed by atoms with Crippen molar-refractivity contribution in [3.8, 4) is 0 Å². The lowest BCUT2D eigenvalue weighted by molar-refractivity contribution is -0.0692. The van der Waals surface area contributed by atoms with Crippen LogP contribution in [0.3, 0.4) is 0 Å². The number of hydrogen-bond donors (Lipinski definition) is 0. The maximum absolute atomic E-state index is 5.91. The summed E-state index contributed by atoms with van der Waals surface area (Å²) in [5.74, 6) is 0.558. The lowest BCUT2D eigenvalue weighted by atomic mass is 10.2. The van der Waals surface area contributed by atoms with Crippen LogP contribution in [0.2, 0.25) is 0 Å². The van der Waals surface area contributed by atoms with Gasteiger partial charge >= 0.3 is 0 Å². The molecule has 4 nitrogen and oxygen atoms in total. The summed E-state index contributed by atoms with van der Waals surface area (Å²) in [4.78, 5) is 2.38. The summed E-state index contributed by atoms with van der Waals surface area (Å²) < 4.78 is 7.82. The van der Waals surface area contributed by atoms with Crippen LogP contribution < -0.4 is 0 Å². The van der Waals surface area contributed by atoms with Crippen LogP contribution in [-0.2, 0) is 11.3 Å². The molecule has 0 aliphatic carbocycles. The van der Waals surface area contributed by atoms with E-state index in [9.17, 15) is 0 Å². The monoisotopic (exact) mass is 285 g/mol. The van der Waals surface area contributed by atoms with E-state index in [0.29, 0.717) is 11.9 Å². The van der Waals surface area contributed by atoms with Crippen molar-refractivity contribution in [3.63, 3.8) is 0 Å². The van der Waals surface area contributed by atoms with E-state index >= 15 is 0 Å². The Kier molecular flexibility index (Phi) is 5.25. The molecule has 2 rings (SSSR count). The van der Waals surface area contributed by atoms with Gasteiger partial charge in [0.25, 0.3) is 0 Å². The van der Waals surface area contributed by atoms with E-state index in [0.717, 1.165) is 31.7 Å². The summed E-state index contributed by atoms with van der Waals surface area (Å²) in [7, 11) is 0. The standard InChI is InChI=1S/C14H24ClN3O/c1-4-11(2)18-6-5-13(16-18)9-17-8-12(3)19-14(7-15)10-17/h5-6,11-12,14H,4,7-10H2,1-3H3. The van der Waals surface area contributed by atoms with Crippen molar-refractivity contribution < 1.29 is 4.74 Å². The highest BCUT2D eigenvalue weighted by Crippen LogP contribution is 2.16. The quantitative estimate of drug-likeness (QED) is 0.779. The van der Waals surface area contributed by atoms with Crippen LogP contribution >= 0.6 is 11.6 Å². The van der Waals surface area contributed by atoms with Gasteiger partial charge in [-0.1, -0.05) is 6.92 Å². The predicted octanol–water partition coefficient (Wildman–Crippen LogP) is 2.68. The lowest BCUT2D eigenvalue weighted by Crippen LogP contribution is -2.46. The molecule has 0 saturated carbocycles. The Morgan fingerprint density at radius 3 is 3.00 bits per heavy atom. The van der Waals surface area contributed by atoms with Crippen LogP contribution in [0.4, 0.5) is 0 Å². The van der Waals surface area contributed by atoms with E-state index in [-0.39, 0.29) is 12.2 Å². The predicted molar refractivity (Wildman–Crippen MR) is 77.6 cm³/mol. The first-order valence-electron chi connectivity index (χ1n) is 7.10. The average molecular weight is 286 g/mol. The highest BCUT2D eigenvalue weighted by molar-refractivity contribution is 6.18. The van der Waals surface area contributed by atoms with Crippen LogP contribution in [0.1, 0.15) is 38.9 Å². The third kappa shape index (κ3) is 3.94. The Labute approximate surface area is 120 Å². The Morgan fingerprint density at radius 1 is 1.53 bits per heavy atom. The number of hydrogen-bond acceptors (Lipinski definition) is 3. The first kappa shape index (κ1) is 14.8. The molecule has 1 aliphatic rings. The molecular weight excluding hydrogens is 262 g/mol. The largest absolute Gasteiger partial charge is 0.371 e. The highest BCUT2D eigenvalue weighted by atomic mass is 35.5. The molecular formula is C14H24ClN3O. The molecule has 0 aromatic carbocycles. The molecule has 0 spiro atoms. The van der Waals surface area contributed by atoms with E-state index in [1.807, 2.05) is 0 Å². The number of nitrogens with zero attached hydrogens (tertiary/aromatic N) is 3. The van der Waals surface area contributed by atoms with Gasteiger partial charge in [-0.2, -0.15) is 5.10 Å². The average Bonchev–Trinajstić information content (AvgIpc) is 2.85. The number of halogens is 1. The molecule has 3 unspecified atom stereocenters. The molecule has 19 heavy (non-hydrogen) atoms. The third-order valence-corrected chi connectivity index (χ3v) is 4.01. The third-order valence-electron chi connectivity index (χ3n) is 3.67. The molecule has 3 atom stereocenters. The molecule has 1 aliphatic heterocycles. The summed E-state index contributed by atoms with van der Waals surface area (Å²) in [6.07, 6.45) is 3.56. The van der Waals surface area contributed by atoms with Crippen molar-refractivity contribution in [1.82, 2.24) is 14.7 Å². The molecule has 1 aromatic heterocycles. The maximum Gasteiger partial charge on any atom is 0.0841 e. The maximum atomic E-state index is 5.91. The van der Waals surface area contributed by atoms with E-state index in [2.05, 4.69) is 47.7 Å². The van der Waals surface area contributed by atoms with E-state index in [1.54, 1.807) is 0 Å². The Hall–Kier alpha value is -0.580. The molecule has 2 heterocycles. The zero-order chi connectivity index (χ0) is 13.8. The van der Waals surface area contributed by atoms with Crippen molar-refractivity contribution in [3.05, 3.63) is 18.0 Å². The normalized spacial score (nSPS) is 26.5. The van der Waals surface area contributed by atoms with Gasteiger partial charge in [0.2, 0.25) is 0 Å². The molecule has 0 radical (unpaired) electrons. The first-order valence-corrected chi connectivity index (χ1v) is 7.63. The summed E-state index contributed by atoms with van der Waals surface area (Å²) in [6.45, 7) is 9.19. The molecule has 0 N–H and O–H groups in total. The summed E-state index contributed by atoms with van der Waals surface area (Å²) >= 11 is 5.91. The van der Waals surface area contributed by atoms with Gasteiger partial charge < -0.3 is 4.74 Å². The summed E-state index contributed by atoms with van der Waals surface area (Å²) in [6, 6.07) is 2.58. The number of ether oxygens (including phenoxy) is 1. The molecule has 0 amide bonds. The second-order valence-electron chi connectivity index (χ2n) is 5.46. The smallest absolute Gasteiger partial charge is 0.0841 e. The van der Waals surface area contributed by atoms with Gasteiger partial charge in [0, 0.05) is 37.8 Å². The second-order valence-corrected chi connectivity index (χ2v) is 5.77. The van der Waals surface area contributed by atoms with Gasteiger partial charge in [-0.05, 0) is 26.3 Å². The Balaban J connectivity index is 1.94. The molecule has 0 bridgehead atoms. The molecule has 1 fully saturated rings. The van der Waals surface area contributed by atoms with Crippen molar-refractivity contribution in [2.45, 2.75) is 52.0 Å². The van der Waals surface area contributed by atoms with Crippen LogP contribution in [0, 0.1) is 0 Å². The fraction of sp³-hybridized carbons (Fsp3) is 0.786. The minimum absolute atomic E-state index is 0.141. The second kappa shape index (κ2) is 6.73. The molecule has 1 aromatic rings. The number of rotatable bonds is 5. The Bertz CT molecular complexity index is 396. The fourth-order valence-corrected chi connectivity index (χ4v) is 2.65. The van der Waals surface area contributed by atoms with Crippen LogP contribution in [-0.4, -0.2) is 45.9 Å². The zero-order valence-electron chi connectivity index (χ0n) is 12.1. The van der Waals surface area contributed by atoms with Crippen molar-refractivity contribution in [1.29, 1.82) is 0 Å². The topological polar surface area (TPSA) is 30.3 Å². The van der Waals surface area contributed by atoms with E-state index in [4.69, 9.17) is 16.3 Å². The Morgan fingerprint density at radius 2 is 2.32 bits per heavy atom. The van der Waals surface area contributed by atoms with Crippen molar-refractivity contribution in [2.24, 2.45) is 0 Å². The number of aromatic nitrogens is 2. The van der Waals surface area contributed by atoms with Crippen LogP contribution in [0.5, 0.6) is 0 Å². The highest BCUT2D eigenvalue weighted by Gasteiger charge is 2.25. The van der Waals surface area contributed by atoms with Gasteiger partial charge in [0.05, 0.1) is 17.9 Å². The summed E-state index contributed by atoms with van der Waals surface area (Å²) in [5, 5.41) is 4.65. The van der Waals surface area contributed by atoms with Crippen molar-refractivity contribution in [2.75, 3.05) is 19.0 Å². The summed E-state index contributed by atoms with van der Waals surface area (Å²) in [5.41, 5.74) is 1.13. The SMILES string of the molecule is CCC(C)n1ccc(CN2CC(C)OC(CCl)C2)n1. The lowest BCUT2D eigenvalue weighted by Gasteiger charge is -2.35.